The lowest BCUT2D eigenvalue weighted by Crippen LogP contribution is -2.34. The van der Waals surface area contributed by atoms with E-state index in [9.17, 15) is 19.1 Å². The van der Waals surface area contributed by atoms with Crippen LogP contribution >= 0.6 is 11.8 Å². The molecule has 0 fully saturated rings. The number of rotatable bonds is 7. The van der Waals surface area contributed by atoms with Crippen molar-refractivity contribution in [2.75, 3.05) is 0 Å². The minimum absolute atomic E-state index is 0.0448. The van der Waals surface area contributed by atoms with E-state index in [2.05, 4.69) is 27.7 Å². The van der Waals surface area contributed by atoms with E-state index in [1.54, 1.807) is 36.0 Å². The van der Waals surface area contributed by atoms with Crippen molar-refractivity contribution in [3.05, 3.63) is 99.9 Å². The predicted octanol–water partition coefficient (Wildman–Crippen LogP) is 7.77. The zero-order chi connectivity index (χ0) is 27.0. The molecule has 192 valence electrons. The molecular weight excluding hydrogens is 487 g/mol. The fourth-order valence-electron chi connectivity index (χ4n) is 4.83. The third-order valence-electron chi connectivity index (χ3n) is 7.15. The van der Waals surface area contributed by atoms with E-state index in [1.807, 2.05) is 12.1 Å². The second-order valence-corrected chi connectivity index (χ2v) is 11.9. The molecule has 0 aliphatic heterocycles. The first kappa shape index (κ1) is 26.7. The second kappa shape index (κ2) is 10.2. The number of aromatic carboxylic acids is 1. The summed E-state index contributed by atoms with van der Waals surface area (Å²) < 4.78 is 13.4. The zero-order valence-electron chi connectivity index (χ0n) is 21.5. The van der Waals surface area contributed by atoms with Crippen LogP contribution in [0.1, 0.15) is 83.5 Å². The number of thioether (sulfide) groups is 1. The molecule has 37 heavy (non-hydrogen) atoms. The summed E-state index contributed by atoms with van der Waals surface area (Å²) in [5, 5.41) is 19.1. The van der Waals surface area contributed by atoms with E-state index in [1.165, 1.54) is 41.5 Å². The van der Waals surface area contributed by atoms with E-state index in [0.717, 1.165) is 23.3 Å². The number of halogens is 1. The molecule has 6 heteroatoms. The summed E-state index contributed by atoms with van der Waals surface area (Å²) in [6, 6.07) is 14.7. The summed E-state index contributed by atoms with van der Waals surface area (Å²) in [5.41, 5.74) is 4.24. The van der Waals surface area contributed by atoms with Crippen LogP contribution in [0.2, 0.25) is 0 Å². The van der Waals surface area contributed by atoms with Crippen LogP contribution in [-0.4, -0.2) is 22.0 Å². The van der Waals surface area contributed by atoms with E-state index in [-0.39, 0.29) is 33.7 Å². The van der Waals surface area contributed by atoms with Crippen molar-refractivity contribution in [3.63, 3.8) is 0 Å². The first-order valence-corrected chi connectivity index (χ1v) is 13.2. The largest absolute Gasteiger partial charge is 0.507 e. The average Bonchev–Trinajstić information content (AvgIpc) is 2.84. The van der Waals surface area contributed by atoms with Crippen LogP contribution in [0.15, 0.2) is 65.6 Å². The fraction of sp³-hybridized carbons (Fsp3) is 0.290. The van der Waals surface area contributed by atoms with Crippen LogP contribution < -0.4 is 0 Å². The Morgan fingerprint density at radius 3 is 2.30 bits per heavy atom. The van der Waals surface area contributed by atoms with Crippen molar-refractivity contribution < 1.29 is 24.2 Å². The molecule has 3 aromatic rings. The molecule has 0 heterocycles. The maximum atomic E-state index is 13.4. The monoisotopic (exact) mass is 518 g/mol. The Morgan fingerprint density at radius 1 is 0.973 bits per heavy atom. The highest BCUT2D eigenvalue weighted by molar-refractivity contribution is 7.98. The number of hydrogen-bond acceptors (Lipinski definition) is 4. The number of carbonyl (C=O) groups excluding carboxylic acids is 1. The first-order valence-electron chi connectivity index (χ1n) is 12.2. The Balaban J connectivity index is 1.71. The standard InChI is InChI=1S/C31H31FO4S/c1-30(2)13-14-31(3,4)28-24(30)16-21(17-27(28)37-18-20-5-9-22(32)10-6-20)25(33)12-8-19-7-11-23(29(35)36)26(34)15-19/h5-12,15-17,34H,13-14,18H2,1-4H3,(H,35,36). The van der Waals surface area contributed by atoms with Crippen LogP contribution in [0.5, 0.6) is 5.75 Å². The number of aromatic hydroxyl groups is 1. The minimum Gasteiger partial charge on any atom is -0.507 e. The van der Waals surface area contributed by atoms with Gasteiger partial charge in [-0.25, -0.2) is 9.18 Å². The fourth-order valence-corrected chi connectivity index (χ4v) is 6.09. The molecule has 4 nitrogen and oxygen atoms in total. The summed E-state index contributed by atoms with van der Waals surface area (Å²) in [7, 11) is 0. The zero-order valence-corrected chi connectivity index (χ0v) is 22.3. The number of carboxylic acid groups (broad SMARTS) is 1. The molecule has 0 atom stereocenters. The maximum Gasteiger partial charge on any atom is 0.339 e. The summed E-state index contributed by atoms with van der Waals surface area (Å²) in [6.45, 7) is 8.92. The molecule has 1 aliphatic rings. The van der Waals surface area contributed by atoms with Crippen molar-refractivity contribution in [2.45, 2.75) is 62.0 Å². The van der Waals surface area contributed by atoms with Gasteiger partial charge in [0.2, 0.25) is 0 Å². The molecule has 4 rings (SSSR count). The van der Waals surface area contributed by atoms with Gasteiger partial charge in [-0.2, -0.15) is 0 Å². The van der Waals surface area contributed by atoms with E-state index in [4.69, 9.17) is 5.11 Å². The smallest absolute Gasteiger partial charge is 0.339 e. The third-order valence-corrected chi connectivity index (χ3v) is 8.27. The lowest BCUT2D eigenvalue weighted by atomic mass is 9.63. The number of allylic oxidation sites excluding steroid dienone is 1. The highest BCUT2D eigenvalue weighted by Gasteiger charge is 2.39. The van der Waals surface area contributed by atoms with E-state index >= 15 is 0 Å². The van der Waals surface area contributed by atoms with Gasteiger partial charge in [-0.15, -0.1) is 11.8 Å². The summed E-state index contributed by atoms with van der Waals surface area (Å²) in [5.74, 6) is -1.34. The number of carboxylic acids is 1. The minimum atomic E-state index is -1.21. The van der Waals surface area contributed by atoms with E-state index in [0.29, 0.717) is 16.9 Å². The Hall–Kier alpha value is -3.38. The van der Waals surface area contributed by atoms with Gasteiger partial charge in [0.25, 0.3) is 0 Å². The summed E-state index contributed by atoms with van der Waals surface area (Å²) in [6.07, 6.45) is 5.08. The number of fused-ring (bicyclic) bond motifs is 1. The van der Waals surface area contributed by atoms with Crippen molar-refractivity contribution in [1.29, 1.82) is 0 Å². The van der Waals surface area contributed by atoms with Gasteiger partial charge in [-0.3, -0.25) is 4.79 Å². The van der Waals surface area contributed by atoms with Crippen LogP contribution in [-0.2, 0) is 16.6 Å². The van der Waals surface area contributed by atoms with E-state index < -0.39 is 5.97 Å². The van der Waals surface area contributed by atoms with Crippen LogP contribution in [0, 0.1) is 5.82 Å². The topological polar surface area (TPSA) is 74.6 Å². The third kappa shape index (κ3) is 5.80. The molecule has 2 N–H and O–H groups in total. The Kier molecular flexibility index (Phi) is 7.33. The number of hydrogen-bond donors (Lipinski definition) is 2. The Labute approximate surface area is 221 Å². The van der Waals surface area contributed by atoms with Crippen LogP contribution in [0.4, 0.5) is 4.39 Å². The predicted molar refractivity (Wildman–Crippen MR) is 146 cm³/mol. The normalized spacial score (nSPS) is 15.9. The molecule has 0 amide bonds. The molecule has 0 bridgehead atoms. The summed E-state index contributed by atoms with van der Waals surface area (Å²) >= 11 is 1.66. The van der Waals surface area contributed by atoms with Gasteiger partial charge in [0.05, 0.1) is 0 Å². The van der Waals surface area contributed by atoms with Crippen LogP contribution in [0.3, 0.4) is 0 Å². The van der Waals surface area contributed by atoms with Gasteiger partial charge in [0.1, 0.15) is 17.1 Å². The number of phenols is 1. The number of benzene rings is 3. The molecule has 0 radical (unpaired) electrons. The maximum absolute atomic E-state index is 13.4. The van der Waals surface area contributed by atoms with Gasteiger partial charge < -0.3 is 10.2 Å². The van der Waals surface area contributed by atoms with Gasteiger partial charge in [-0.05, 0) is 88.4 Å². The second-order valence-electron chi connectivity index (χ2n) is 10.9. The Bertz CT molecular complexity index is 1390. The van der Waals surface area contributed by atoms with Crippen molar-refractivity contribution >= 4 is 29.6 Å². The summed E-state index contributed by atoms with van der Waals surface area (Å²) in [4.78, 5) is 25.5. The lowest BCUT2D eigenvalue weighted by molar-refractivity contribution is 0.0693. The molecule has 3 aromatic carbocycles. The lowest BCUT2D eigenvalue weighted by Gasteiger charge is -2.43. The number of ketones is 1. The van der Waals surface area contributed by atoms with Crippen molar-refractivity contribution in [2.24, 2.45) is 0 Å². The van der Waals surface area contributed by atoms with Gasteiger partial charge >= 0.3 is 5.97 Å². The first-order chi connectivity index (χ1) is 17.4. The highest BCUT2D eigenvalue weighted by Crippen LogP contribution is 2.50. The molecule has 0 aromatic heterocycles. The molecule has 0 unspecified atom stereocenters. The van der Waals surface area contributed by atoms with Crippen molar-refractivity contribution in [3.8, 4) is 5.75 Å². The highest BCUT2D eigenvalue weighted by atomic mass is 32.2. The van der Waals surface area contributed by atoms with Crippen LogP contribution in [0.25, 0.3) is 6.08 Å². The molecule has 0 saturated carbocycles. The molecule has 0 saturated heterocycles. The molecule has 0 spiro atoms. The van der Waals surface area contributed by atoms with Gasteiger partial charge in [-0.1, -0.05) is 52.0 Å². The van der Waals surface area contributed by atoms with Gasteiger partial charge in [0, 0.05) is 16.2 Å². The Morgan fingerprint density at radius 2 is 1.65 bits per heavy atom. The SMILES string of the molecule is CC1(C)CCC(C)(C)c2c(SCc3ccc(F)cc3)cc(C(=O)C=Cc3ccc(C(=O)O)c(O)c3)cc21. The van der Waals surface area contributed by atoms with Gasteiger partial charge in [0.15, 0.2) is 5.78 Å². The molecule has 1 aliphatic carbocycles. The quantitative estimate of drug-likeness (QED) is 0.190. The molecular formula is C31H31FO4S. The number of carbonyl (C=O) groups is 2. The van der Waals surface area contributed by atoms with Crippen molar-refractivity contribution in [1.82, 2.24) is 0 Å². The average molecular weight is 519 g/mol.